The van der Waals surface area contributed by atoms with Crippen LogP contribution >= 0.6 is 0 Å². The van der Waals surface area contributed by atoms with E-state index in [1.807, 2.05) is 10.6 Å². The van der Waals surface area contributed by atoms with Crippen LogP contribution in [-0.4, -0.2) is 54.6 Å². The van der Waals surface area contributed by atoms with Crippen LogP contribution in [0.15, 0.2) is 31.1 Å². The number of amides is 1. The van der Waals surface area contributed by atoms with Crippen LogP contribution < -0.4 is 10.2 Å². The van der Waals surface area contributed by atoms with E-state index in [9.17, 15) is 4.79 Å². The summed E-state index contributed by atoms with van der Waals surface area (Å²) in [4.78, 5) is 27.3. The van der Waals surface area contributed by atoms with Gasteiger partial charge in [-0.1, -0.05) is 13.8 Å². The highest BCUT2D eigenvalue weighted by atomic mass is 16.2. The quantitative estimate of drug-likeness (QED) is 0.749. The molecule has 0 saturated carbocycles. The minimum atomic E-state index is -0.249. The smallest absolute Gasteiger partial charge is 0.289 e. The van der Waals surface area contributed by atoms with Crippen molar-refractivity contribution in [2.75, 3.05) is 18.0 Å². The molecule has 4 rings (SSSR count). The molecule has 0 aliphatic carbocycles. The van der Waals surface area contributed by atoms with Crippen molar-refractivity contribution < 1.29 is 4.79 Å². The maximum atomic E-state index is 12.4. The predicted octanol–water partition coefficient (Wildman–Crippen LogP) is 1.05. The Kier molecular flexibility index (Phi) is 4.19. The molecule has 3 aromatic rings. The van der Waals surface area contributed by atoms with Crippen LogP contribution in [0.5, 0.6) is 0 Å². The van der Waals surface area contributed by atoms with Crippen LogP contribution in [0.3, 0.4) is 0 Å². The molecule has 9 nitrogen and oxygen atoms in total. The maximum absolute atomic E-state index is 12.4. The molecular weight excluding hydrogens is 332 g/mol. The summed E-state index contributed by atoms with van der Waals surface area (Å²) in [5, 5.41) is 11.0. The first-order valence-corrected chi connectivity index (χ1v) is 8.64. The van der Waals surface area contributed by atoms with Crippen LogP contribution in [0.1, 0.15) is 42.4 Å². The molecule has 3 aromatic heterocycles. The van der Waals surface area contributed by atoms with E-state index >= 15 is 0 Å². The molecule has 1 amide bonds. The lowest BCUT2D eigenvalue weighted by Gasteiger charge is -2.18. The van der Waals surface area contributed by atoms with Gasteiger partial charge in [-0.15, -0.1) is 10.2 Å². The first kappa shape index (κ1) is 16.4. The van der Waals surface area contributed by atoms with Crippen molar-refractivity contribution in [3.8, 4) is 0 Å². The first-order valence-electron chi connectivity index (χ1n) is 8.64. The van der Waals surface area contributed by atoms with Crippen LogP contribution in [0.4, 0.5) is 5.82 Å². The highest BCUT2D eigenvalue weighted by molar-refractivity contribution is 5.90. The Morgan fingerprint density at radius 3 is 2.85 bits per heavy atom. The largest absolute Gasteiger partial charge is 0.351 e. The normalized spacial score (nSPS) is 17.2. The number of carbonyl (C=O) groups excluding carboxylic acids is 1. The molecule has 1 fully saturated rings. The summed E-state index contributed by atoms with van der Waals surface area (Å²) in [7, 11) is 0. The van der Waals surface area contributed by atoms with Crippen molar-refractivity contribution >= 4 is 17.4 Å². The molecule has 1 aliphatic rings. The fourth-order valence-electron chi connectivity index (χ4n) is 3.04. The summed E-state index contributed by atoms with van der Waals surface area (Å²) in [6, 6.07) is 0.0147. The molecule has 1 aliphatic heterocycles. The van der Waals surface area contributed by atoms with E-state index in [-0.39, 0.29) is 17.8 Å². The zero-order valence-corrected chi connectivity index (χ0v) is 14.7. The Labute approximate surface area is 150 Å². The molecule has 0 aromatic carbocycles. The van der Waals surface area contributed by atoms with Crippen molar-refractivity contribution in [2.24, 2.45) is 0 Å². The zero-order chi connectivity index (χ0) is 18.1. The Balaban J connectivity index is 1.42. The van der Waals surface area contributed by atoms with Crippen LogP contribution in [-0.2, 0) is 0 Å². The number of anilines is 1. The molecule has 4 heterocycles. The fraction of sp³-hybridized carbons (Fsp3) is 0.412. The van der Waals surface area contributed by atoms with Gasteiger partial charge in [0.15, 0.2) is 5.82 Å². The molecule has 1 saturated heterocycles. The summed E-state index contributed by atoms with van der Waals surface area (Å²) in [6.45, 7) is 5.58. The van der Waals surface area contributed by atoms with Crippen molar-refractivity contribution in [3.05, 3.63) is 42.5 Å². The number of aromatic nitrogens is 6. The summed E-state index contributed by atoms with van der Waals surface area (Å²) < 4.78 is 1.83. The number of nitrogens with zero attached hydrogens (tertiary/aromatic N) is 7. The molecule has 0 radical (unpaired) electrons. The van der Waals surface area contributed by atoms with Gasteiger partial charge in [0.2, 0.25) is 11.5 Å². The van der Waals surface area contributed by atoms with Gasteiger partial charge in [0.05, 0.1) is 0 Å². The van der Waals surface area contributed by atoms with Crippen molar-refractivity contribution in [1.82, 2.24) is 34.9 Å². The average Bonchev–Trinajstić information content (AvgIpc) is 3.30. The number of fused-ring (bicyclic) bond motifs is 1. The maximum Gasteiger partial charge on any atom is 0.289 e. The van der Waals surface area contributed by atoms with E-state index < -0.39 is 0 Å². The molecule has 9 heteroatoms. The van der Waals surface area contributed by atoms with Gasteiger partial charge in [-0.3, -0.25) is 9.20 Å². The van der Waals surface area contributed by atoms with E-state index in [0.717, 1.165) is 24.3 Å². The second kappa shape index (κ2) is 6.66. The number of nitrogens with one attached hydrogen (secondary N) is 1. The molecule has 26 heavy (non-hydrogen) atoms. The van der Waals surface area contributed by atoms with E-state index in [0.29, 0.717) is 18.1 Å². The molecule has 1 atom stereocenters. The van der Waals surface area contributed by atoms with Gasteiger partial charge in [-0.05, 0) is 17.9 Å². The molecule has 0 spiro atoms. The molecule has 1 N–H and O–H groups in total. The second-order valence-corrected chi connectivity index (χ2v) is 6.71. The predicted molar refractivity (Wildman–Crippen MR) is 95.0 cm³/mol. The highest BCUT2D eigenvalue weighted by Crippen LogP contribution is 2.21. The third-order valence-corrected chi connectivity index (χ3v) is 4.56. The third kappa shape index (κ3) is 3.07. The summed E-state index contributed by atoms with van der Waals surface area (Å²) in [6.07, 6.45) is 9.43. The summed E-state index contributed by atoms with van der Waals surface area (Å²) in [5.41, 5.74) is 1.73. The van der Waals surface area contributed by atoms with Crippen molar-refractivity contribution in [1.29, 1.82) is 0 Å². The standard InChI is InChI=1S/C17H20N8O/c1-11(2)12-7-19-14(20-8-12)17(26)22-13-3-5-24(9-13)15-16-23-21-10-25(16)6-4-18-15/h4,6-8,10-11,13H,3,5,9H2,1-2H3,(H,22,26)/t13-/m0/s1. The number of rotatable bonds is 4. The lowest BCUT2D eigenvalue weighted by Crippen LogP contribution is -2.38. The van der Waals surface area contributed by atoms with Gasteiger partial charge in [-0.2, -0.15) is 0 Å². The van der Waals surface area contributed by atoms with Crippen molar-refractivity contribution in [3.63, 3.8) is 0 Å². The van der Waals surface area contributed by atoms with Crippen LogP contribution in [0, 0.1) is 0 Å². The highest BCUT2D eigenvalue weighted by Gasteiger charge is 2.27. The monoisotopic (exact) mass is 352 g/mol. The van der Waals surface area contributed by atoms with Gasteiger partial charge >= 0.3 is 0 Å². The fourth-order valence-corrected chi connectivity index (χ4v) is 3.04. The second-order valence-electron chi connectivity index (χ2n) is 6.71. The van der Waals surface area contributed by atoms with Gasteiger partial charge in [-0.25, -0.2) is 15.0 Å². The first-order chi connectivity index (χ1) is 12.6. The lowest BCUT2D eigenvalue weighted by molar-refractivity contribution is 0.0929. The number of hydrogen-bond donors (Lipinski definition) is 1. The van der Waals surface area contributed by atoms with Gasteiger partial charge in [0.1, 0.15) is 6.33 Å². The van der Waals surface area contributed by atoms with E-state index in [1.165, 1.54) is 0 Å². The van der Waals surface area contributed by atoms with Gasteiger partial charge in [0, 0.05) is 43.9 Å². The van der Waals surface area contributed by atoms with Crippen molar-refractivity contribution in [2.45, 2.75) is 32.2 Å². The average molecular weight is 352 g/mol. The lowest BCUT2D eigenvalue weighted by atomic mass is 10.1. The summed E-state index contributed by atoms with van der Waals surface area (Å²) >= 11 is 0. The molecular formula is C17H20N8O. The Bertz CT molecular complexity index is 920. The van der Waals surface area contributed by atoms with Gasteiger partial charge < -0.3 is 10.2 Å². The van der Waals surface area contributed by atoms with Crippen LogP contribution in [0.2, 0.25) is 0 Å². The SMILES string of the molecule is CC(C)c1cnc(C(=O)N[C@H]2CCN(c3nccn4cnnc34)C2)nc1. The number of carbonyl (C=O) groups is 1. The minimum absolute atomic E-state index is 0.0147. The number of hydrogen-bond acceptors (Lipinski definition) is 7. The van der Waals surface area contributed by atoms with Gasteiger partial charge in [0.25, 0.3) is 5.91 Å². The molecule has 134 valence electrons. The summed E-state index contributed by atoms with van der Waals surface area (Å²) in [5.74, 6) is 1.06. The van der Waals surface area contributed by atoms with Crippen LogP contribution in [0.25, 0.3) is 5.65 Å². The van der Waals surface area contributed by atoms with E-state index in [4.69, 9.17) is 0 Å². The minimum Gasteiger partial charge on any atom is -0.351 e. The third-order valence-electron chi connectivity index (χ3n) is 4.56. The molecule has 0 unspecified atom stereocenters. The zero-order valence-electron chi connectivity index (χ0n) is 14.7. The molecule has 0 bridgehead atoms. The Hall–Kier alpha value is -3.10. The van der Waals surface area contributed by atoms with E-state index in [1.54, 1.807) is 24.9 Å². The Morgan fingerprint density at radius 2 is 2.08 bits per heavy atom. The topological polar surface area (TPSA) is 101 Å². The van der Waals surface area contributed by atoms with E-state index in [2.05, 4.69) is 49.2 Å². The Morgan fingerprint density at radius 1 is 1.27 bits per heavy atom.